The van der Waals surface area contributed by atoms with Gasteiger partial charge in [-0.05, 0) is 6.07 Å². The third-order valence-corrected chi connectivity index (χ3v) is 1.91. The molecular weight excluding hydrogens is 194 g/mol. The van der Waals surface area contributed by atoms with Crippen molar-refractivity contribution in [1.82, 2.24) is 15.0 Å². The number of nitrogen functional groups attached to an aromatic ring is 1. The van der Waals surface area contributed by atoms with E-state index in [-0.39, 0.29) is 11.5 Å². The number of nitrogens with zero attached hydrogens (tertiary/aromatic N) is 2. The smallest absolute Gasteiger partial charge is 0.282 e. The molecule has 0 unspecified atom stereocenters. The first-order valence-corrected chi connectivity index (χ1v) is 4.28. The molecule has 2 rings (SSSR count). The maximum Gasteiger partial charge on any atom is 0.282 e. The fraction of sp³-hybridized carbons (Fsp3) is 0. The number of hydrazine groups is 1. The first-order chi connectivity index (χ1) is 7.31. The fourth-order valence-electron chi connectivity index (χ4n) is 1.20. The summed E-state index contributed by atoms with van der Waals surface area (Å²) in [5, 5.41) is 0. The van der Waals surface area contributed by atoms with Crippen LogP contribution in [-0.4, -0.2) is 15.0 Å². The highest BCUT2D eigenvalue weighted by molar-refractivity contribution is 5.60. The van der Waals surface area contributed by atoms with Crippen LogP contribution in [0.2, 0.25) is 0 Å². The molecule has 0 atom stereocenters. The van der Waals surface area contributed by atoms with Crippen LogP contribution in [0.4, 0.5) is 5.95 Å². The van der Waals surface area contributed by atoms with Crippen molar-refractivity contribution in [2.45, 2.75) is 0 Å². The van der Waals surface area contributed by atoms with E-state index in [2.05, 4.69) is 20.4 Å². The van der Waals surface area contributed by atoms with Crippen molar-refractivity contribution in [3.8, 4) is 11.1 Å². The lowest BCUT2D eigenvalue weighted by Gasteiger charge is -2.01. The molecule has 6 nitrogen and oxygen atoms in total. The maximum atomic E-state index is 11.5. The van der Waals surface area contributed by atoms with E-state index < -0.39 is 0 Å². The van der Waals surface area contributed by atoms with Gasteiger partial charge in [0.25, 0.3) is 5.56 Å². The molecule has 0 radical (unpaired) electrons. The zero-order valence-corrected chi connectivity index (χ0v) is 7.77. The van der Waals surface area contributed by atoms with E-state index >= 15 is 0 Å². The highest BCUT2D eigenvalue weighted by Gasteiger charge is 2.04. The second kappa shape index (κ2) is 3.89. The number of nitrogens with two attached hydrogens (primary N) is 1. The van der Waals surface area contributed by atoms with Gasteiger partial charge in [0.2, 0.25) is 5.95 Å². The summed E-state index contributed by atoms with van der Waals surface area (Å²) < 4.78 is 0. The van der Waals surface area contributed by atoms with Gasteiger partial charge in [0.1, 0.15) is 0 Å². The topological polar surface area (TPSA) is 96.7 Å². The van der Waals surface area contributed by atoms with Gasteiger partial charge in [-0.2, -0.15) is 4.98 Å². The quantitative estimate of drug-likeness (QED) is 0.475. The van der Waals surface area contributed by atoms with Crippen LogP contribution in [-0.2, 0) is 0 Å². The Balaban J connectivity index is 2.51. The summed E-state index contributed by atoms with van der Waals surface area (Å²) in [5.74, 6) is 5.34. The lowest BCUT2D eigenvalue weighted by Crippen LogP contribution is -2.17. The van der Waals surface area contributed by atoms with Gasteiger partial charge in [-0.15, -0.1) is 0 Å². The van der Waals surface area contributed by atoms with Crippen LogP contribution in [0.25, 0.3) is 11.1 Å². The molecule has 0 fully saturated rings. The molecule has 0 amide bonds. The Bertz CT molecular complexity index is 507. The van der Waals surface area contributed by atoms with Gasteiger partial charge in [-0.25, -0.2) is 5.84 Å². The molecule has 76 valence electrons. The number of pyridine rings is 1. The monoisotopic (exact) mass is 203 g/mol. The molecule has 6 heteroatoms. The average molecular weight is 203 g/mol. The van der Waals surface area contributed by atoms with E-state index in [1.165, 1.54) is 0 Å². The first kappa shape index (κ1) is 9.35. The molecule has 0 saturated heterocycles. The van der Waals surface area contributed by atoms with Crippen LogP contribution in [0, 0.1) is 0 Å². The highest BCUT2D eigenvalue weighted by Crippen LogP contribution is 2.11. The van der Waals surface area contributed by atoms with Gasteiger partial charge in [0.05, 0.1) is 5.56 Å². The Morgan fingerprint density at radius 2 is 2.33 bits per heavy atom. The number of nitrogens with one attached hydrogen (secondary N) is 2. The third-order valence-electron chi connectivity index (χ3n) is 1.91. The summed E-state index contributed by atoms with van der Waals surface area (Å²) in [4.78, 5) is 21.9. The SMILES string of the molecule is NNc1nc(=O)c(-c2cccnc2)c[nH]1. The minimum Gasteiger partial charge on any atom is -0.331 e. The number of aromatic nitrogens is 3. The van der Waals surface area contributed by atoms with Crippen LogP contribution >= 0.6 is 0 Å². The summed E-state index contributed by atoms with van der Waals surface area (Å²) in [7, 11) is 0. The minimum absolute atomic E-state index is 0.229. The normalized spacial score (nSPS) is 9.93. The van der Waals surface area contributed by atoms with Crippen molar-refractivity contribution in [2.75, 3.05) is 5.43 Å². The Kier molecular flexibility index (Phi) is 2.42. The molecule has 2 heterocycles. The van der Waals surface area contributed by atoms with Crippen molar-refractivity contribution in [3.63, 3.8) is 0 Å². The van der Waals surface area contributed by atoms with Crippen molar-refractivity contribution >= 4 is 5.95 Å². The van der Waals surface area contributed by atoms with Crippen molar-refractivity contribution < 1.29 is 0 Å². The number of aromatic amines is 1. The zero-order chi connectivity index (χ0) is 10.7. The van der Waals surface area contributed by atoms with E-state index in [0.29, 0.717) is 5.56 Å². The molecule has 0 spiro atoms. The molecule has 0 aromatic carbocycles. The maximum absolute atomic E-state index is 11.5. The van der Waals surface area contributed by atoms with E-state index in [0.717, 1.165) is 5.56 Å². The number of rotatable bonds is 2. The molecule has 2 aromatic heterocycles. The summed E-state index contributed by atoms with van der Waals surface area (Å²) >= 11 is 0. The third kappa shape index (κ3) is 1.84. The molecule has 2 aromatic rings. The molecule has 0 aliphatic rings. The average Bonchev–Trinajstić information content (AvgIpc) is 2.30. The molecule has 15 heavy (non-hydrogen) atoms. The molecular formula is C9H9N5O. The Morgan fingerprint density at radius 1 is 1.47 bits per heavy atom. The van der Waals surface area contributed by atoms with Crippen LogP contribution in [0.1, 0.15) is 0 Å². The van der Waals surface area contributed by atoms with Crippen LogP contribution in [0.3, 0.4) is 0 Å². The molecule has 4 N–H and O–H groups in total. The van der Waals surface area contributed by atoms with Gasteiger partial charge < -0.3 is 4.98 Å². The molecule has 0 bridgehead atoms. The van der Waals surface area contributed by atoms with Gasteiger partial charge in [0.15, 0.2) is 0 Å². The lowest BCUT2D eigenvalue weighted by molar-refractivity contribution is 1.08. The summed E-state index contributed by atoms with van der Waals surface area (Å²) in [6, 6.07) is 3.54. The van der Waals surface area contributed by atoms with Crippen LogP contribution in [0.15, 0.2) is 35.5 Å². The molecule has 0 aliphatic heterocycles. The van der Waals surface area contributed by atoms with E-state index in [1.54, 1.807) is 30.7 Å². The zero-order valence-electron chi connectivity index (χ0n) is 7.77. The van der Waals surface area contributed by atoms with Gasteiger partial charge in [-0.1, -0.05) is 6.07 Å². The Labute approximate surface area is 85.2 Å². The van der Waals surface area contributed by atoms with Gasteiger partial charge in [0, 0.05) is 24.2 Å². The highest BCUT2D eigenvalue weighted by atomic mass is 16.1. The molecule has 0 aliphatic carbocycles. The van der Waals surface area contributed by atoms with Crippen LogP contribution in [0.5, 0.6) is 0 Å². The fourth-order valence-corrected chi connectivity index (χ4v) is 1.20. The largest absolute Gasteiger partial charge is 0.331 e. The van der Waals surface area contributed by atoms with Crippen molar-refractivity contribution in [3.05, 3.63) is 41.1 Å². The minimum atomic E-state index is -0.352. The van der Waals surface area contributed by atoms with Crippen molar-refractivity contribution in [1.29, 1.82) is 0 Å². The Hall–Kier alpha value is -2.21. The van der Waals surface area contributed by atoms with Crippen molar-refractivity contribution in [2.24, 2.45) is 5.84 Å². The summed E-state index contributed by atoms with van der Waals surface area (Å²) in [6.45, 7) is 0. The van der Waals surface area contributed by atoms with Gasteiger partial charge in [-0.3, -0.25) is 15.2 Å². The first-order valence-electron chi connectivity index (χ1n) is 4.28. The number of hydrogen-bond acceptors (Lipinski definition) is 5. The summed E-state index contributed by atoms with van der Waals surface area (Å²) in [5.41, 5.74) is 3.09. The lowest BCUT2D eigenvalue weighted by atomic mass is 10.1. The summed E-state index contributed by atoms with van der Waals surface area (Å²) in [6.07, 6.45) is 4.78. The van der Waals surface area contributed by atoms with E-state index in [9.17, 15) is 4.79 Å². The number of hydrogen-bond donors (Lipinski definition) is 3. The Morgan fingerprint density at radius 3 is 2.93 bits per heavy atom. The van der Waals surface area contributed by atoms with Crippen LogP contribution < -0.4 is 16.8 Å². The predicted octanol–water partition coefficient (Wildman–Crippen LogP) is 0.117. The second-order valence-electron chi connectivity index (χ2n) is 2.85. The van der Waals surface area contributed by atoms with E-state index in [4.69, 9.17) is 5.84 Å². The standard InChI is InChI=1S/C9H9N5O/c10-14-9-12-5-7(8(15)13-9)6-2-1-3-11-4-6/h1-5H,10H2,(H2,12,13,14,15). The van der Waals surface area contributed by atoms with Gasteiger partial charge >= 0.3 is 0 Å². The number of anilines is 1. The predicted molar refractivity (Wildman–Crippen MR) is 55.9 cm³/mol. The molecule has 0 saturated carbocycles. The number of H-pyrrole nitrogens is 1. The second-order valence-corrected chi connectivity index (χ2v) is 2.85. The van der Waals surface area contributed by atoms with E-state index in [1.807, 2.05) is 0 Å².